The van der Waals surface area contributed by atoms with Crippen LogP contribution in [-0.4, -0.2) is 43.1 Å². The smallest absolute Gasteiger partial charge is 0.416 e. The molecule has 2 aliphatic rings. The fraction of sp³-hybridized carbons (Fsp3) is 0.179. The number of halogens is 3. The van der Waals surface area contributed by atoms with Crippen molar-refractivity contribution in [1.82, 2.24) is 10.3 Å². The average molecular weight is 581 g/mol. The molecule has 42 heavy (non-hydrogen) atoms. The number of carbonyl (C=O) groups excluding carboxylic acids is 2. The Kier molecular flexibility index (Phi) is 6.61. The van der Waals surface area contributed by atoms with Gasteiger partial charge in [0, 0.05) is 62.1 Å². The minimum Gasteiger partial charge on any atom is -0.419 e. The van der Waals surface area contributed by atoms with Gasteiger partial charge >= 0.3 is 29.4 Å². The number of hydrogen-bond acceptors (Lipinski definition) is 11. The first-order chi connectivity index (χ1) is 20.1. The van der Waals surface area contributed by atoms with E-state index in [2.05, 4.69) is 10.3 Å². The lowest BCUT2D eigenvalue weighted by atomic mass is 9.97. The summed E-state index contributed by atoms with van der Waals surface area (Å²) in [7, 11) is 0. The summed E-state index contributed by atoms with van der Waals surface area (Å²) < 4.78 is 62.2. The van der Waals surface area contributed by atoms with Crippen LogP contribution in [0.1, 0.15) is 5.56 Å². The van der Waals surface area contributed by atoms with Crippen LogP contribution >= 0.6 is 0 Å². The van der Waals surface area contributed by atoms with Gasteiger partial charge in [-0.15, -0.1) is 0 Å². The fourth-order valence-electron chi connectivity index (χ4n) is 4.70. The molecule has 0 amide bonds. The highest BCUT2D eigenvalue weighted by Gasteiger charge is 2.32. The van der Waals surface area contributed by atoms with Crippen LogP contribution in [0.3, 0.4) is 0 Å². The SMILES string of the molecule is O=C1/C=C\C(=O)Oc2c(cc3nc(N4CCNCC4)c4oc(=O)ccc(=O)oc2c3c4-c2ccc(C(F)(F)F)cc2)O1. The Morgan fingerprint density at radius 2 is 1.43 bits per heavy atom. The van der Waals surface area contributed by atoms with Crippen LogP contribution in [-0.2, 0) is 15.8 Å². The van der Waals surface area contributed by atoms with Crippen molar-refractivity contribution in [2.75, 3.05) is 31.1 Å². The zero-order valence-corrected chi connectivity index (χ0v) is 21.3. The van der Waals surface area contributed by atoms with Gasteiger partial charge in [-0.05, 0) is 17.7 Å². The van der Waals surface area contributed by atoms with Crippen LogP contribution in [0.4, 0.5) is 19.0 Å². The molecule has 4 aromatic rings. The van der Waals surface area contributed by atoms with Gasteiger partial charge in [-0.1, -0.05) is 12.1 Å². The molecule has 0 unspecified atom stereocenters. The van der Waals surface area contributed by atoms with Gasteiger partial charge in [0.2, 0.25) is 5.75 Å². The molecule has 1 fully saturated rings. The molecular weight excluding hydrogens is 563 g/mol. The molecule has 1 saturated heterocycles. The Hall–Kier alpha value is -5.24. The van der Waals surface area contributed by atoms with Crippen molar-refractivity contribution in [3.8, 4) is 22.6 Å². The molecule has 2 aliphatic heterocycles. The largest absolute Gasteiger partial charge is 0.419 e. The van der Waals surface area contributed by atoms with Crippen LogP contribution in [0.2, 0.25) is 0 Å². The Bertz CT molecular complexity index is 1940. The van der Waals surface area contributed by atoms with Crippen molar-refractivity contribution in [3.63, 3.8) is 0 Å². The van der Waals surface area contributed by atoms with Gasteiger partial charge in [-0.25, -0.2) is 24.2 Å². The summed E-state index contributed by atoms with van der Waals surface area (Å²) in [6.45, 7) is 1.95. The van der Waals surface area contributed by atoms with E-state index in [9.17, 15) is 32.3 Å². The normalized spacial score (nSPS) is 16.3. The monoisotopic (exact) mass is 581 g/mol. The Morgan fingerprint density at radius 3 is 2.07 bits per heavy atom. The first-order valence-corrected chi connectivity index (χ1v) is 12.5. The van der Waals surface area contributed by atoms with Gasteiger partial charge in [-0.2, -0.15) is 13.2 Å². The molecule has 0 saturated carbocycles. The fourth-order valence-corrected chi connectivity index (χ4v) is 4.70. The van der Waals surface area contributed by atoms with Crippen molar-refractivity contribution in [2.24, 2.45) is 0 Å². The summed E-state index contributed by atoms with van der Waals surface area (Å²) in [4.78, 5) is 56.8. The number of esters is 2. The molecular formula is C28H18F3N3O8. The molecule has 0 spiro atoms. The second-order valence-electron chi connectivity index (χ2n) is 9.23. The zero-order valence-electron chi connectivity index (χ0n) is 21.3. The summed E-state index contributed by atoms with van der Waals surface area (Å²) in [6, 6.07) is 6.86. The number of rotatable bonds is 2. The first-order valence-electron chi connectivity index (χ1n) is 12.5. The van der Waals surface area contributed by atoms with Gasteiger partial charge in [0.05, 0.1) is 16.5 Å². The van der Waals surface area contributed by atoms with Crippen LogP contribution in [0.25, 0.3) is 33.2 Å². The van der Waals surface area contributed by atoms with Crippen molar-refractivity contribution < 1.29 is 41.1 Å². The third-order valence-corrected chi connectivity index (χ3v) is 6.53. The van der Waals surface area contributed by atoms with Crippen molar-refractivity contribution >= 4 is 39.8 Å². The van der Waals surface area contributed by atoms with Crippen LogP contribution in [0, 0.1) is 0 Å². The minimum absolute atomic E-state index is 0.0245. The number of alkyl halides is 3. The Morgan fingerprint density at radius 1 is 0.810 bits per heavy atom. The van der Waals surface area contributed by atoms with E-state index in [4.69, 9.17) is 18.3 Å². The zero-order chi connectivity index (χ0) is 29.6. The molecule has 2 bridgehead atoms. The van der Waals surface area contributed by atoms with Crippen molar-refractivity contribution in [2.45, 2.75) is 6.18 Å². The third kappa shape index (κ3) is 5.03. The van der Waals surface area contributed by atoms with Crippen LogP contribution in [0.5, 0.6) is 11.5 Å². The summed E-state index contributed by atoms with van der Waals surface area (Å²) in [5.74, 6) is -2.54. The number of benzene rings is 2. The molecule has 0 atom stereocenters. The van der Waals surface area contributed by atoms with E-state index in [1.807, 2.05) is 0 Å². The van der Waals surface area contributed by atoms with Gasteiger partial charge in [0.1, 0.15) is 0 Å². The number of fused-ring (bicyclic) bond motifs is 3. The van der Waals surface area contributed by atoms with E-state index >= 15 is 0 Å². The summed E-state index contributed by atoms with van der Waals surface area (Å²) in [6.07, 6.45) is -2.98. The molecule has 14 heteroatoms. The summed E-state index contributed by atoms with van der Waals surface area (Å²) in [5.41, 5.74) is -3.36. The molecule has 0 radical (unpaired) electrons. The number of aromatic nitrogens is 1. The standard InChI is InChI=1S/C28H18F3N3O8/c29-28(30,31)15-3-1-14(2-4-15)22-23-16-13-17-24(40-19(36)6-5-18(35)39-17)25(23)41-20(37)7-8-21(38)42-26(22)27(33-16)34-11-9-32-10-12-34/h1-8,13,32H,9-12H2/b6-5-,8-7?. The van der Waals surface area contributed by atoms with E-state index in [1.54, 1.807) is 4.90 Å². The van der Waals surface area contributed by atoms with Crippen molar-refractivity contribution in [3.05, 3.63) is 81.0 Å². The number of hydrogen-bond donors (Lipinski definition) is 1. The van der Waals surface area contributed by atoms with Crippen molar-refractivity contribution in [1.29, 1.82) is 0 Å². The molecule has 6 rings (SSSR count). The highest BCUT2D eigenvalue weighted by molar-refractivity contribution is 6.15. The predicted octanol–water partition coefficient (Wildman–Crippen LogP) is 3.33. The summed E-state index contributed by atoms with van der Waals surface area (Å²) in [5, 5.41) is 3.14. The number of nitrogens with one attached hydrogen (secondary N) is 1. The number of piperazine rings is 1. The lowest BCUT2D eigenvalue weighted by Gasteiger charge is -2.29. The Labute approximate surface area is 232 Å². The number of anilines is 1. The maximum atomic E-state index is 13.4. The molecule has 214 valence electrons. The number of pyridine rings is 1. The highest BCUT2D eigenvalue weighted by atomic mass is 19.4. The van der Waals surface area contributed by atoms with Gasteiger partial charge in [0.25, 0.3) is 0 Å². The van der Waals surface area contributed by atoms with E-state index in [-0.39, 0.29) is 39.2 Å². The second-order valence-corrected chi connectivity index (χ2v) is 9.23. The first kappa shape index (κ1) is 27.0. The topological polar surface area (TPSA) is 141 Å². The van der Waals surface area contributed by atoms with Gasteiger partial charge in [0.15, 0.2) is 22.7 Å². The van der Waals surface area contributed by atoms with E-state index < -0.39 is 46.3 Å². The lowest BCUT2D eigenvalue weighted by molar-refractivity contribution is -0.137. The quantitative estimate of drug-likeness (QED) is 0.275. The molecule has 4 heterocycles. The maximum absolute atomic E-state index is 13.4. The summed E-state index contributed by atoms with van der Waals surface area (Å²) >= 11 is 0. The van der Waals surface area contributed by atoms with E-state index in [1.165, 1.54) is 6.07 Å². The molecule has 11 nitrogen and oxygen atoms in total. The van der Waals surface area contributed by atoms with E-state index in [0.29, 0.717) is 26.2 Å². The van der Waals surface area contributed by atoms with Gasteiger partial charge in [-0.3, -0.25) is 0 Å². The van der Waals surface area contributed by atoms with E-state index in [0.717, 1.165) is 48.6 Å². The highest BCUT2D eigenvalue weighted by Crippen LogP contribution is 2.46. The Balaban J connectivity index is 1.83. The minimum atomic E-state index is -4.63. The lowest BCUT2D eigenvalue weighted by Crippen LogP contribution is -2.44. The third-order valence-electron chi connectivity index (χ3n) is 6.53. The average Bonchev–Trinajstić information content (AvgIpc) is 2.95. The molecule has 2 aromatic carbocycles. The second kappa shape index (κ2) is 10.3. The van der Waals surface area contributed by atoms with Gasteiger partial charge < -0.3 is 28.5 Å². The number of carbonyl (C=O) groups is 2. The van der Waals surface area contributed by atoms with Crippen LogP contribution in [0.15, 0.2) is 73.0 Å². The molecule has 1 N–H and O–H groups in total. The predicted molar refractivity (Wildman–Crippen MR) is 141 cm³/mol. The molecule has 0 aliphatic carbocycles. The maximum Gasteiger partial charge on any atom is 0.416 e. The van der Waals surface area contributed by atoms with Crippen LogP contribution < -0.4 is 30.9 Å². The number of nitrogens with zero attached hydrogens (tertiary/aromatic N) is 2. The number of ether oxygens (including phenoxy) is 2. The molecule has 2 aromatic heterocycles.